The highest BCUT2D eigenvalue weighted by molar-refractivity contribution is 7.89. The number of hydrogen-bond donors (Lipinski definition) is 2. The van der Waals surface area contributed by atoms with Crippen molar-refractivity contribution in [2.45, 2.75) is 11.3 Å². The van der Waals surface area contributed by atoms with Crippen LogP contribution in [0.1, 0.15) is 5.56 Å². The van der Waals surface area contributed by atoms with E-state index in [-0.39, 0.29) is 17.3 Å². The van der Waals surface area contributed by atoms with Crippen LogP contribution in [0.5, 0.6) is 0 Å². The Morgan fingerprint density at radius 2 is 1.90 bits per heavy atom. The maximum absolute atomic E-state index is 12.8. The largest absolute Gasteiger partial charge is 0.373 e. The number of halogens is 1. The first kappa shape index (κ1) is 15.4. The molecule has 112 valence electrons. The topological polar surface area (TPSA) is 71.1 Å². The van der Waals surface area contributed by atoms with Crippen LogP contribution in [0.4, 0.5) is 10.2 Å². The van der Waals surface area contributed by atoms with Crippen LogP contribution in [0.2, 0.25) is 0 Å². The number of aromatic nitrogens is 1. The second-order valence-corrected chi connectivity index (χ2v) is 6.17. The van der Waals surface area contributed by atoms with Gasteiger partial charge in [0, 0.05) is 25.9 Å². The summed E-state index contributed by atoms with van der Waals surface area (Å²) in [6, 6.07) is 8.86. The number of rotatable bonds is 6. The van der Waals surface area contributed by atoms with Gasteiger partial charge in [0.2, 0.25) is 10.0 Å². The summed E-state index contributed by atoms with van der Waals surface area (Å²) < 4.78 is 39.5. The van der Waals surface area contributed by atoms with Gasteiger partial charge < -0.3 is 5.32 Å². The molecule has 1 aromatic carbocycles. The molecule has 0 bridgehead atoms. The van der Waals surface area contributed by atoms with Gasteiger partial charge in [0.05, 0.1) is 4.90 Å². The van der Waals surface area contributed by atoms with Crippen LogP contribution in [-0.2, 0) is 16.4 Å². The fraction of sp³-hybridized carbons (Fsp3) is 0.214. The summed E-state index contributed by atoms with van der Waals surface area (Å²) in [5.74, 6) is 0.173. The van der Waals surface area contributed by atoms with Gasteiger partial charge in [-0.05, 0) is 30.2 Å². The van der Waals surface area contributed by atoms with Crippen molar-refractivity contribution in [3.63, 3.8) is 0 Å². The molecule has 0 atom stereocenters. The van der Waals surface area contributed by atoms with Gasteiger partial charge >= 0.3 is 0 Å². The van der Waals surface area contributed by atoms with Crippen LogP contribution in [0.15, 0.2) is 47.5 Å². The molecule has 0 aliphatic heterocycles. The van der Waals surface area contributed by atoms with E-state index < -0.39 is 10.0 Å². The third kappa shape index (κ3) is 4.24. The Bertz CT molecular complexity index is 702. The van der Waals surface area contributed by atoms with Gasteiger partial charge in [-0.25, -0.2) is 22.5 Å². The fourth-order valence-electron chi connectivity index (χ4n) is 1.78. The Morgan fingerprint density at radius 1 is 1.19 bits per heavy atom. The van der Waals surface area contributed by atoms with Crippen LogP contribution >= 0.6 is 0 Å². The lowest BCUT2D eigenvalue weighted by molar-refractivity contribution is 0.581. The SMILES string of the molecule is CNc1cc(S(=O)(=O)NCCc2ccc(F)cc2)ccn1. The number of hydrogen-bond acceptors (Lipinski definition) is 4. The van der Waals surface area contributed by atoms with Crippen molar-refractivity contribution in [1.82, 2.24) is 9.71 Å². The van der Waals surface area contributed by atoms with Crippen molar-refractivity contribution in [2.75, 3.05) is 18.9 Å². The standard InChI is InChI=1S/C14H16FN3O2S/c1-16-14-10-13(7-8-17-14)21(19,20)18-9-6-11-2-4-12(15)5-3-11/h2-5,7-8,10,18H,6,9H2,1H3,(H,16,17). The summed E-state index contributed by atoms with van der Waals surface area (Å²) in [6.07, 6.45) is 1.92. The Kier molecular flexibility index (Phi) is 4.87. The first-order valence-corrected chi connectivity index (χ1v) is 7.87. The molecule has 2 aromatic rings. The number of nitrogens with one attached hydrogen (secondary N) is 2. The number of pyridine rings is 1. The van der Waals surface area contributed by atoms with E-state index in [0.717, 1.165) is 5.56 Å². The van der Waals surface area contributed by atoms with Crippen LogP contribution in [0, 0.1) is 5.82 Å². The summed E-state index contributed by atoms with van der Waals surface area (Å²) in [7, 11) is -1.91. The Labute approximate surface area is 123 Å². The van der Waals surface area contributed by atoms with Gasteiger partial charge in [-0.2, -0.15) is 0 Å². The van der Waals surface area contributed by atoms with Crippen molar-refractivity contribution in [3.05, 3.63) is 54.0 Å². The van der Waals surface area contributed by atoms with E-state index in [2.05, 4.69) is 15.0 Å². The van der Waals surface area contributed by atoms with Gasteiger partial charge in [-0.1, -0.05) is 12.1 Å². The molecular formula is C14H16FN3O2S. The molecule has 0 aliphatic rings. The molecular weight excluding hydrogens is 293 g/mol. The van der Waals surface area contributed by atoms with E-state index in [0.29, 0.717) is 12.2 Å². The van der Waals surface area contributed by atoms with Gasteiger partial charge in [0.25, 0.3) is 0 Å². The van der Waals surface area contributed by atoms with Crippen molar-refractivity contribution < 1.29 is 12.8 Å². The minimum absolute atomic E-state index is 0.154. The zero-order valence-corrected chi connectivity index (χ0v) is 12.3. The predicted octanol–water partition coefficient (Wildman–Crippen LogP) is 1.78. The second-order valence-electron chi connectivity index (χ2n) is 4.40. The summed E-state index contributed by atoms with van der Waals surface area (Å²) in [4.78, 5) is 4.12. The van der Waals surface area contributed by atoms with Crippen LogP contribution < -0.4 is 10.0 Å². The Balaban J connectivity index is 1.99. The van der Waals surface area contributed by atoms with Crippen LogP contribution in [0.3, 0.4) is 0 Å². The lowest BCUT2D eigenvalue weighted by Gasteiger charge is -2.08. The number of nitrogens with zero attached hydrogens (tertiary/aromatic N) is 1. The molecule has 0 saturated carbocycles. The highest BCUT2D eigenvalue weighted by Crippen LogP contribution is 2.12. The van der Waals surface area contributed by atoms with E-state index >= 15 is 0 Å². The maximum Gasteiger partial charge on any atom is 0.240 e. The molecule has 0 saturated heterocycles. The summed E-state index contributed by atoms with van der Waals surface area (Å²) in [5.41, 5.74) is 0.866. The molecule has 0 fully saturated rings. The van der Waals surface area contributed by atoms with Crippen molar-refractivity contribution in [2.24, 2.45) is 0 Å². The van der Waals surface area contributed by atoms with Crippen LogP contribution in [-0.4, -0.2) is 27.0 Å². The van der Waals surface area contributed by atoms with Crippen molar-refractivity contribution in [3.8, 4) is 0 Å². The highest BCUT2D eigenvalue weighted by atomic mass is 32.2. The summed E-state index contributed by atoms with van der Waals surface area (Å²) in [5, 5.41) is 2.79. The van der Waals surface area contributed by atoms with Gasteiger partial charge in [0.15, 0.2) is 0 Å². The fourth-order valence-corrected chi connectivity index (χ4v) is 2.82. The summed E-state index contributed by atoms with van der Waals surface area (Å²) >= 11 is 0. The molecule has 7 heteroatoms. The quantitative estimate of drug-likeness (QED) is 0.853. The molecule has 0 unspecified atom stereocenters. The zero-order chi connectivity index (χ0) is 15.3. The highest BCUT2D eigenvalue weighted by Gasteiger charge is 2.14. The molecule has 2 N–H and O–H groups in total. The number of benzene rings is 1. The van der Waals surface area contributed by atoms with Gasteiger partial charge in [-0.3, -0.25) is 0 Å². The molecule has 5 nitrogen and oxygen atoms in total. The third-order valence-corrected chi connectivity index (χ3v) is 4.38. The Morgan fingerprint density at radius 3 is 2.57 bits per heavy atom. The minimum atomic E-state index is -3.58. The zero-order valence-electron chi connectivity index (χ0n) is 11.5. The lowest BCUT2D eigenvalue weighted by atomic mass is 10.1. The molecule has 0 aliphatic carbocycles. The molecule has 0 radical (unpaired) electrons. The molecule has 0 spiro atoms. The molecule has 21 heavy (non-hydrogen) atoms. The normalized spacial score (nSPS) is 11.3. The van der Waals surface area contributed by atoms with Crippen LogP contribution in [0.25, 0.3) is 0 Å². The third-order valence-electron chi connectivity index (χ3n) is 2.92. The molecule has 2 rings (SSSR count). The number of anilines is 1. The maximum atomic E-state index is 12.8. The average Bonchev–Trinajstić information content (AvgIpc) is 2.49. The minimum Gasteiger partial charge on any atom is -0.373 e. The average molecular weight is 309 g/mol. The van der Waals surface area contributed by atoms with Crippen molar-refractivity contribution in [1.29, 1.82) is 0 Å². The van der Waals surface area contributed by atoms with E-state index in [1.54, 1.807) is 19.2 Å². The van der Waals surface area contributed by atoms with E-state index in [1.807, 2.05) is 0 Å². The van der Waals surface area contributed by atoms with E-state index in [4.69, 9.17) is 0 Å². The molecule has 1 aromatic heterocycles. The first-order valence-electron chi connectivity index (χ1n) is 6.39. The lowest BCUT2D eigenvalue weighted by Crippen LogP contribution is -2.26. The summed E-state index contributed by atoms with van der Waals surface area (Å²) in [6.45, 7) is 0.241. The van der Waals surface area contributed by atoms with E-state index in [9.17, 15) is 12.8 Å². The van der Waals surface area contributed by atoms with E-state index in [1.165, 1.54) is 30.5 Å². The van der Waals surface area contributed by atoms with Gasteiger partial charge in [0.1, 0.15) is 11.6 Å². The molecule has 0 amide bonds. The first-order chi connectivity index (χ1) is 10.0. The molecule has 1 heterocycles. The monoisotopic (exact) mass is 309 g/mol. The Hall–Kier alpha value is -1.99. The second kappa shape index (κ2) is 6.64. The van der Waals surface area contributed by atoms with Crippen molar-refractivity contribution >= 4 is 15.8 Å². The predicted molar refractivity (Wildman–Crippen MR) is 79.1 cm³/mol. The number of sulfonamides is 1. The van der Waals surface area contributed by atoms with Gasteiger partial charge in [-0.15, -0.1) is 0 Å². The smallest absolute Gasteiger partial charge is 0.240 e.